The third kappa shape index (κ3) is 3.95. The van der Waals surface area contributed by atoms with E-state index in [0.29, 0.717) is 17.1 Å². The van der Waals surface area contributed by atoms with Gasteiger partial charge in [0.15, 0.2) is 0 Å². The molecular formula is C28H26ClNO4S. The van der Waals surface area contributed by atoms with E-state index in [1.165, 1.54) is 4.31 Å². The van der Waals surface area contributed by atoms with E-state index >= 15 is 0 Å². The molecule has 1 aliphatic carbocycles. The minimum absolute atomic E-state index is 0.0270. The predicted octanol–water partition coefficient (Wildman–Crippen LogP) is 5.98. The maximum Gasteiger partial charge on any atom is 0.318 e. The van der Waals surface area contributed by atoms with Crippen LogP contribution in [-0.4, -0.2) is 27.5 Å². The zero-order valence-corrected chi connectivity index (χ0v) is 21.1. The molecule has 1 aliphatic heterocycles. The number of allylic oxidation sites excluding steroid dienone is 1. The van der Waals surface area contributed by atoms with Gasteiger partial charge in [-0.2, -0.15) is 0 Å². The van der Waals surface area contributed by atoms with Crippen LogP contribution in [0.1, 0.15) is 36.0 Å². The summed E-state index contributed by atoms with van der Waals surface area (Å²) in [7, 11) is -3.93. The molecule has 0 saturated carbocycles. The summed E-state index contributed by atoms with van der Waals surface area (Å²) >= 11 is 6.10. The van der Waals surface area contributed by atoms with Gasteiger partial charge >= 0.3 is 5.97 Å². The number of sulfonamides is 1. The van der Waals surface area contributed by atoms with E-state index in [-0.39, 0.29) is 24.0 Å². The minimum atomic E-state index is -3.93. The van der Waals surface area contributed by atoms with Gasteiger partial charge in [0.2, 0.25) is 0 Å². The number of hydrogen-bond acceptors (Lipinski definition) is 4. The van der Waals surface area contributed by atoms with E-state index in [4.69, 9.17) is 16.3 Å². The largest absolute Gasteiger partial charge is 0.465 e. The SMILES string of the molecule is CCOC(=O)[C@@]12C=C(c3ccc(Cl)cc3)C[C@H]1c1ccccc1N(S(=O)(=O)c1ccc(C)cc1)C2. The Morgan fingerprint density at radius 1 is 1.06 bits per heavy atom. The molecule has 3 aromatic rings. The van der Waals surface area contributed by atoms with Crippen molar-refractivity contribution in [3.63, 3.8) is 0 Å². The van der Waals surface area contributed by atoms with Gasteiger partial charge in [-0.15, -0.1) is 0 Å². The lowest BCUT2D eigenvalue weighted by Crippen LogP contribution is -2.51. The number of para-hydroxylation sites is 1. The number of anilines is 1. The van der Waals surface area contributed by atoms with Gasteiger partial charge in [-0.05, 0) is 67.3 Å². The second kappa shape index (κ2) is 8.85. The first-order chi connectivity index (χ1) is 16.8. The van der Waals surface area contributed by atoms with Gasteiger partial charge in [-0.1, -0.05) is 65.7 Å². The number of carbonyl (C=O) groups is 1. The molecule has 1 heterocycles. The number of fused-ring (bicyclic) bond motifs is 3. The molecule has 0 aromatic heterocycles. The maximum absolute atomic E-state index is 13.9. The van der Waals surface area contributed by atoms with E-state index < -0.39 is 21.4 Å². The fourth-order valence-corrected chi connectivity index (χ4v) is 6.87. The molecule has 0 N–H and O–H groups in total. The quantitative estimate of drug-likeness (QED) is 0.399. The van der Waals surface area contributed by atoms with Crippen molar-refractivity contribution in [2.75, 3.05) is 17.5 Å². The summed E-state index contributed by atoms with van der Waals surface area (Å²) in [4.78, 5) is 13.8. The van der Waals surface area contributed by atoms with Gasteiger partial charge in [0, 0.05) is 10.9 Å². The van der Waals surface area contributed by atoms with Crippen LogP contribution in [0, 0.1) is 12.3 Å². The summed E-state index contributed by atoms with van der Waals surface area (Å²) in [5.41, 5.74) is 3.18. The van der Waals surface area contributed by atoms with Gasteiger partial charge in [0.25, 0.3) is 10.0 Å². The average molecular weight is 508 g/mol. The van der Waals surface area contributed by atoms with Crippen LogP contribution in [0.25, 0.3) is 5.57 Å². The lowest BCUT2D eigenvalue weighted by molar-refractivity contribution is -0.152. The topological polar surface area (TPSA) is 63.7 Å². The Hall–Kier alpha value is -3.09. The normalized spacial score (nSPS) is 21.2. The third-order valence-corrected chi connectivity index (χ3v) is 8.97. The summed E-state index contributed by atoms with van der Waals surface area (Å²) in [5, 5.41) is 0.630. The van der Waals surface area contributed by atoms with E-state index in [9.17, 15) is 13.2 Å². The van der Waals surface area contributed by atoms with Crippen LogP contribution in [0.3, 0.4) is 0 Å². The number of ether oxygens (including phenoxy) is 1. The van der Waals surface area contributed by atoms with Crippen LogP contribution in [0.4, 0.5) is 5.69 Å². The number of hydrogen-bond donors (Lipinski definition) is 0. The van der Waals surface area contributed by atoms with Crippen LogP contribution in [-0.2, 0) is 19.6 Å². The van der Waals surface area contributed by atoms with E-state index in [2.05, 4.69) is 0 Å². The number of rotatable bonds is 5. The lowest BCUT2D eigenvalue weighted by Gasteiger charge is -2.43. The van der Waals surface area contributed by atoms with E-state index in [1.807, 2.05) is 61.5 Å². The standard InChI is InChI=1S/C28H26ClNO4S/c1-3-34-27(31)28-17-21(20-10-12-22(29)13-11-20)16-25(28)24-6-4-5-7-26(24)30(18-28)35(32,33)23-14-8-19(2)9-15-23/h4-15,17,25H,3,16,18H2,1-2H3/t25-,28+/m0/s1. The fraction of sp³-hybridized carbons (Fsp3) is 0.250. The first kappa shape index (κ1) is 23.6. The molecule has 0 fully saturated rings. The van der Waals surface area contributed by atoms with E-state index in [0.717, 1.165) is 22.3 Å². The average Bonchev–Trinajstić information content (AvgIpc) is 3.26. The van der Waals surface area contributed by atoms with E-state index in [1.54, 1.807) is 31.2 Å². The molecular weight excluding hydrogens is 482 g/mol. The first-order valence-corrected chi connectivity index (χ1v) is 13.4. The smallest absolute Gasteiger partial charge is 0.318 e. The second-order valence-corrected chi connectivity index (χ2v) is 11.4. The summed E-state index contributed by atoms with van der Waals surface area (Å²) in [6, 6.07) is 21.7. The fourth-order valence-electron chi connectivity index (χ4n) is 5.20. The zero-order chi connectivity index (χ0) is 24.8. The molecule has 0 amide bonds. The van der Waals surface area contributed by atoms with Crippen LogP contribution < -0.4 is 4.31 Å². The van der Waals surface area contributed by atoms with Crippen LogP contribution in [0.5, 0.6) is 0 Å². The Kier molecular flexibility index (Phi) is 5.98. The first-order valence-electron chi connectivity index (χ1n) is 11.6. The van der Waals surface area contributed by atoms with Crippen LogP contribution in [0.15, 0.2) is 83.8 Å². The van der Waals surface area contributed by atoms with Crippen molar-refractivity contribution in [3.05, 3.63) is 101 Å². The van der Waals surface area contributed by atoms with Gasteiger partial charge in [0.05, 0.1) is 23.7 Å². The maximum atomic E-state index is 13.9. The summed E-state index contributed by atoms with van der Waals surface area (Å²) in [5.74, 6) is -0.652. The molecule has 0 saturated heterocycles. The summed E-state index contributed by atoms with van der Waals surface area (Å²) in [6.45, 7) is 3.86. The van der Waals surface area contributed by atoms with Crippen molar-refractivity contribution in [2.45, 2.75) is 31.1 Å². The van der Waals surface area contributed by atoms with Gasteiger partial charge in [0.1, 0.15) is 5.41 Å². The minimum Gasteiger partial charge on any atom is -0.465 e. The van der Waals surface area contributed by atoms with Crippen molar-refractivity contribution >= 4 is 38.9 Å². The summed E-state index contributed by atoms with van der Waals surface area (Å²) < 4.78 is 34.7. The highest BCUT2D eigenvalue weighted by Gasteiger charge is 2.56. The number of nitrogens with zero attached hydrogens (tertiary/aromatic N) is 1. The van der Waals surface area contributed by atoms with Crippen molar-refractivity contribution in [2.24, 2.45) is 5.41 Å². The number of benzene rings is 3. The Bertz CT molecular complexity index is 1410. The molecule has 180 valence electrons. The second-order valence-electron chi connectivity index (χ2n) is 9.08. The number of halogens is 1. The molecule has 7 heteroatoms. The number of carbonyl (C=O) groups excluding carboxylic acids is 1. The highest BCUT2D eigenvalue weighted by Crippen LogP contribution is 2.57. The molecule has 0 spiro atoms. The Morgan fingerprint density at radius 2 is 1.74 bits per heavy atom. The highest BCUT2D eigenvalue weighted by atomic mass is 35.5. The zero-order valence-electron chi connectivity index (χ0n) is 19.6. The Morgan fingerprint density at radius 3 is 2.43 bits per heavy atom. The Labute approximate surface area is 211 Å². The number of esters is 1. The van der Waals surface area contributed by atoms with Crippen LogP contribution >= 0.6 is 11.6 Å². The molecule has 0 bridgehead atoms. The number of aryl methyl sites for hydroxylation is 1. The monoisotopic (exact) mass is 507 g/mol. The molecule has 5 nitrogen and oxygen atoms in total. The van der Waals surface area contributed by atoms with Crippen molar-refractivity contribution in [1.82, 2.24) is 0 Å². The predicted molar refractivity (Wildman–Crippen MR) is 138 cm³/mol. The molecule has 0 unspecified atom stereocenters. The van der Waals surface area contributed by atoms with Gasteiger partial charge in [-0.3, -0.25) is 9.10 Å². The highest BCUT2D eigenvalue weighted by molar-refractivity contribution is 7.92. The van der Waals surface area contributed by atoms with Crippen molar-refractivity contribution in [3.8, 4) is 0 Å². The molecule has 2 atom stereocenters. The van der Waals surface area contributed by atoms with Crippen LogP contribution in [0.2, 0.25) is 5.02 Å². The summed E-state index contributed by atoms with van der Waals surface area (Å²) in [6.07, 6.45) is 2.52. The van der Waals surface area contributed by atoms with Gasteiger partial charge < -0.3 is 4.74 Å². The van der Waals surface area contributed by atoms with Gasteiger partial charge in [-0.25, -0.2) is 8.42 Å². The molecule has 5 rings (SSSR count). The molecule has 35 heavy (non-hydrogen) atoms. The molecule has 3 aromatic carbocycles. The van der Waals surface area contributed by atoms with Crippen molar-refractivity contribution < 1.29 is 17.9 Å². The van der Waals surface area contributed by atoms with Crippen molar-refractivity contribution in [1.29, 1.82) is 0 Å². The third-order valence-electron chi connectivity index (χ3n) is 6.94. The molecule has 0 radical (unpaired) electrons. The lowest BCUT2D eigenvalue weighted by atomic mass is 9.71. The Balaban J connectivity index is 1.69. The molecule has 2 aliphatic rings.